The lowest BCUT2D eigenvalue weighted by Gasteiger charge is -2.21. The number of hydrogen-bond donors (Lipinski definition) is 1. The molecule has 9 nitrogen and oxygen atoms in total. The van der Waals surface area contributed by atoms with E-state index in [0.717, 1.165) is 5.56 Å². The molecule has 41 heavy (non-hydrogen) atoms. The first kappa shape index (κ1) is 29.2. The molecule has 4 aromatic rings. The van der Waals surface area contributed by atoms with Gasteiger partial charge in [0.25, 0.3) is 5.91 Å². The first-order valence-electron chi connectivity index (χ1n) is 12.9. The molecule has 3 aromatic carbocycles. The average Bonchev–Trinajstić information content (AvgIpc) is 2.97. The molecule has 0 aliphatic heterocycles. The second kappa shape index (κ2) is 12.2. The van der Waals surface area contributed by atoms with Crippen LogP contribution in [0.3, 0.4) is 0 Å². The minimum atomic E-state index is -0.664. The predicted molar refractivity (Wildman–Crippen MR) is 157 cm³/mol. The number of methoxy groups -OCH3 is 4. The molecule has 0 bridgehead atoms. The third-order valence-corrected chi connectivity index (χ3v) is 6.57. The highest BCUT2D eigenvalue weighted by Gasteiger charge is 2.21. The number of benzene rings is 3. The third kappa shape index (κ3) is 6.35. The summed E-state index contributed by atoms with van der Waals surface area (Å²) in [7, 11) is 6.10. The number of hydrogen-bond acceptors (Lipinski definition) is 8. The molecule has 0 aliphatic carbocycles. The molecular weight excluding hydrogens is 524 g/mol. The van der Waals surface area contributed by atoms with Crippen molar-refractivity contribution in [3.8, 4) is 34.3 Å². The van der Waals surface area contributed by atoms with Crippen LogP contribution in [0.25, 0.3) is 22.2 Å². The van der Waals surface area contributed by atoms with Crippen LogP contribution in [-0.2, 0) is 14.9 Å². The Kier molecular flexibility index (Phi) is 8.66. The number of pyridine rings is 1. The molecule has 0 fully saturated rings. The van der Waals surface area contributed by atoms with Crippen LogP contribution in [0.2, 0.25) is 0 Å². The largest absolute Gasteiger partial charge is 0.495 e. The van der Waals surface area contributed by atoms with Gasteiger partial charge in [-0.15, -0.1) is 0 Å². The normalized spacial score (nSPS) is 11.1. The van der Waals surface area contributed by atoms with Crippen molar-refractivity contribution in [3.63, 3.8) is 0 Å². The van der Waals surface area contributed by atoms with Crippen molar-refractivity contribution in [3.05, 3.63) is 71.8 Å². The molecule has 0 unspecified atom stereocenters. The summed E-state index contributed by atoms with van der Waals surface area (Å²) >= 11 is 0. The van der Waals surface area contributed by atoms with Gasteiger partial charge in [0.2, 0.25) is 5.75 Å². The first-order valence-corrected chi connectivity index (χ1v) is 12.9. The monoisotopic (exact) mass is 558 g/mol. The van der Waals surface area contributed by atoms with Gasteiger partial charge in [-0.2, -0.15) is 0 Å². The zero-order valence-corrected chi connectivity index (χ0v) is 24.3. The Morgan fingerprint density at radius 1 is 0.805 bits per heavy atom. The number of para-hydroxylation sites is 1. The van der Waals surface area contributed by atoms with Gasteiger partial charge in [-0.1, -0.05) is 45.0 Å². The number of nitrogens with one attached hydrogen (secondary N) is 1. The Labute approximate surface area is 239 Å². The standard InChI is InChI=1S/C32H34N2O7/c1-32(2,3)20-12-13-26(37-4)25(16-20)34-29(35)18-41-31(36)22-17-24(33-23-11-9-8-10-21(22)23)19-14-27(38-5)30(40-7)28(15-19)39-6/h8-17H,18H2,1-7H3,(H,34,35). The number of ether oxygens (including phenoxy) is 5. The minimum Gasteiger partial charge on any atom is -0.495 e. The SMILES string of the molecule is COc1ccc(C(C)(C)C)cc1NC(=O)COC(=O)c1cc(-c2cc(OC)c(OC)c(OC)c2)nc2ccccc12. The van der Waals surface area contributed by atoms with E-state index < -0.39 is 18.5 Å². The summed E-state index contributed by atoms with van der Waals surface area (Å²) in [5.41, 5.74) is 3.37. The lowest BCUT2D eigenvalue weighted by atomic mass is 9.87. The summed E-state index contributed by atoms with van der Waals surface area (Å²) in [5.74, 6) is 0.684. The summed E-state index contributed by atoms with van der Waals surface area (Å²) in [6.07, 6.45) is 0. The lowest BCUT2D eigenvalue weighted by Crippen LogP contribution is -2.22. The van der Waals surface area contributed by atoms with Crippen LogP contribution >= 0.6 is 0 Å². The summed E-state index contributed by atoms with van der Waals surface area (Å²) in [5, 5.41) is 3.39. The number of aromatic nitrogens is 1. The zero-order valence-electron chi connectivity index (χ0n) is 24.3. The van der Waals surface area contributed by atoms with Crippen molar-refractivity contribution in [1.82, 2.24) is 4.98 Å². The predicted octanol–water partition coefficient (Wildman–Crippen LogP) is 6.03. The van der Waals surface area contributed by atoms with E-state index in [2.05, 4.69) is 26.1 Å². The quantitative estimate of drug-likeness (QED) is 0.248. The molecule has 1 heterocycles. The van der Waals surface area contributed by atoms with Crippen molar-refractivity contribution < 1.29 is 33.3 Å². The Hall–Kier alpha value is -4.79. The number of amides is 1. The molecule has 4 rings (SSSR count). The zero-order chi connectivity index (χ0) is 29.7. The van der Waals surface area contributed by atoms with Crippen molar-refractivity contribution >= 4 is 28.5 Å². The highest BCUT2D eigenvalue weighted by Crippen LogP contribution is 2.41. The third-order valence-electron chi connectivity index (χ3n) is 6.57. The molecule has 0 saturated heterocycles. The summed E-state index contributed by atoms with van der Waals surface area (Å²) in [6.45, 7) is 5.74. The van der Waals surface area contributed by atoms with Crippen LogP contribution in [0.4, 0.5) is 5.69 Å². The number of rotatable bonds is 9. The highest BCUT2D eigenvalue weighted by atomic mass is 16.5. The fourth-order valence-electron chi connectivity index (χ4n) is 4.39. The van der Waals surface area contributed by atoms with Gasteiger partial charge >= 0.3 is 5.97 Å². The Morgan fingerprint density at radius 2 is 1.46 bits per heavy atom. The highest BCUT2D eigenvalue weighted by molar-refractivity contribution is 6.05. The van der Waals surface area contributed by atoms with Gasteiger partial charge in [0.15, 0.2) is 18.1 Å². The van der Waals surface area contributed by atoms with E-state index in [0.29, 0.717) is 50.8 Å². The Bertz CT molecular complexity index is 1570. The maximum Gasteiger partial charge on any atom is 0.339 e. The molecule has 0 atom stereocenters. The number of nitrogens with zero attached hydrogens (tertiary/aromatic N) is 1. The lowest BCUT2D eigenvalue weighted by molar-refractivity contribution is -0.119. The van der Waals surface area contributed by atoms with Crippen LogP contribution in [0.1, 0.15) is 36.7 Å². The Morgan fingerprint density at radius 3 is 2.07 bits per heavy atom. The summed E-state index contributed by atoms with van der Waals surface area (Å²) in [4.78, 5) is 30.9. The number of carbonyl (C=O) groups excluding carboxylic acids is 2. The van der Waals surface area contributed by atoms with Gasteiger partial charge in [-0.3, -0.25) is 4.79 Å². The smallest absolute Gasteiger partial charge is 0.339 e. The van der Waals surface area contributed by atoms with Gasteiger partial charge < -0.3 is 29.0 Å². The molecule has 214 valence electrons. The van der Waals surface area contributed by atoms with Crippen LogP contribution in [0.5, 0.6) is 23.0 Å². The topological polar surface area (TPSA) is 105 Å². The van der Waals surface area contributed by atoms with Crippen molar-refractivity contribution in [2.24, 2.45) is 0 Å². The molecule has 0 saturated carbocycles. The molecule has 0 radical (unpaired) electrons. The molecule has 0 spiro atoms. The van der Waals surface area contributed by atoms with Gasteiger partial charge in [0, 0.05) is 10.9 Å². The maximum atomic E-state index is 13.3. The fraction of sp³-hybridized carbons (Fsp3) is 0.281. The van der Waals surface area contributed by atoms with Crippen LogP contribution < -0.4 is 24.3 Å². The van der Waals surface area contributed by atoms with E-state index in [1.807, 2.05) is 18.2 Å². The summed E-state index contributed by atoms with van der Waals surface area (Å²) < 4.78 is 27.3. The first-order chi connectivity index (χ1) is 19.6. The number of carbonyl (C=O) groups is 2. The van der Waals surface area contributed by atoms with Crippen LogP contribution in [-0.4, -0.2) is 51.9 Å². The molecule has 0 aliphatic rings. The molecule has 1 amide bonds. The average molecular weight is 559 g/mol. The van der Waals surface area contributed by atoms with E-state index in [-0.39, 0.29) is 11.0 Å². The molecule has 9 heteroatoms. The number of esters is 1. The van der Waals surface area contributed by atoms with Crippen LogP contribution in [0, 0.1) is 0 Å². The Balaban J connectivity index is 1.62. The molecule has 1 N–H and O–H groups in total. The van der Waals surface area contributed by atoms with Gasteiger partial charge in [-0.25, -0.2) is 9.78 Å². The van der Waals surface area contributed by atoms with E-state index >= 15 is 0 Å². The molecule has 1 aromatic heterocycles. The second-order valence-corrected chi connectivity index (χ2v) is 10.3. The van der Waals surface area contributed by atoms with Gasteiger partial charge in [0.1, 0.15) is 5.75 Å². The van der Waals surface area contributed by atoms with Gasteiger partial charge in [-0.05, 0) is 47.4 Å². The number of anilines is 1. The molecular formula is C32H34N2O7. The maximum absolute atomic E-state index is 13.3. The van der Waals surface area contributed by atoms with E-state index in [4.69, 9.17) is 28.7 Å². The van der Waals surface area contributed by atoms with Gasteiger partial charge in [0.05, 0.1) is 50.9 Å². The van der Waals surface area contributed by atoms with E-state index in [1.165, 1.54) is 28.4 Å². The second-order valence-electron chi connectivity index (χ2n) is 10.3. The van der Waals surface area contributed by atoms with Crippen molar-refractivity contribution in [2.45, 2.75) is 26.2 Å². The van der Waals surface area contributed by atoms with E-state index in [9.17, 15) is 9.59 Å². The van der Waals surface area contributed by atoms with Crippen LogP contribution in [0.15, 0.2) is 60.7 Å². The van der Waals surface area contributed by atoms with E-state index in [1.54, 1.807) is 42.5 Å². The summed E-state index contributed by atoms with van der Waals surface area (Å²) in [6, 6.07) is 18.0. The van der Waals surface area contributed by atoms with Crippen molar-refractivity contribution in [1.29, 1.82) is 0 Å². The number of fused-ring (bicyclic) bond motifs is 1. The minimum absolute atomic E-state index is 0.129. The van der Waals surface area contributed by atoms with Crippen molar-refractivity contribution in [2.75, 3.05) is 40.4 Å². The fourth-order valence-corrected chi connectivity index (χ4v) is 4.39.